The molecule has 10 heteroatoms. The monoisotopic (exact) mass is 563 g/mol. The van der Waals surface area contributed by atoms with Crippen LogP contribution in [0.1, 0.15) is 62.5 Å². The third-order valence-corrected chi connectivity index (χ3v) is 7.13. The van der Waals surface area contributed by atoms with E-state index in [0.717, 1.165) is 43.2 Å². The fraction of sp³-hybridized carbons (Fsp3) is 0.452. The lowest BCUT2D eigenvalue weighted by molar-refractivity contribution is -0.133. The number of carbonyl (C=O) groups is 5. The standard InChI is InChI=1S/C31H41N5O5/c32-27(37)18-17-25(30(40)34-24-14-8-3-9-15-24)36-31(41)26(20-23-12-6-2-7-13-23)35-29(39)21-33-28(38)19-16-22-10-4-1-5-11-22/h1-2,4-7,10-13,24-26H,3,8-9,14-21H2,(H2,32,37)(H,33,38)(H,34,40)(H,35,39)(H,36,41)/t25-,26-/m0/s1. The van der Waals surface area contributed by atoms with Gasteiger partial charge in [-0.3, -0.25) is 24.0 Å². The largest absolute Gasteiger partial charge is 0.370 e. The lowest BCUT2D eigenvalue weighted by atomic mass is 9.95. The number of amides is 5. The van der Waals surface area contributed by atoms with Gasteiger partial charge in [0.15, 0.2) is 0 Å². The van der Waals surface area contributed by atoms with Gasteiger partial charge in [0.1, 0.15) is 12.1 Å². The van der Waals surface area contributed by atoms with Crippen LogP contribution in [-0.2, 0) is 36.8 Å². The maximum Gasteiger partial charge on any atom is 0.243 e. The Morgan fingerprint density at radius 2 is 1.37 bits per heavy atom. The number of rotatable bonds is 15. The first-order chi connectivity index (χ1) is 19.8. The SMILES string of the molecule is NC(=O)CC[C@H](NC(=O)[C@H](Cc1ccccc1)NC(=O)CNC(=O)CCc1ccccc1)C(=O)NC1CCCCC1. The second kappa shape index (κ2) is 16.8. The maximum atomic E-state index is 13.4. The summed E-state index contributed by atoms with van der Waals surface area (Å²) in [6.07, 6.45) is 5.82. The molecular formula is C31H41N5O5. The van der Waals surface area contributed by atoms with Crippen molar-refractivity contribution in [3.63, 3.8) is 0 Å². The van der Waals surface area contributed by atoms with Crippen LogP contribution in [-0.4, -0.2) is 54.2 Å². The lowest BCUT2D eigenvalue weighted by Crippen LogP contribution is -2.56. The van der Waals surface area contributed by atoms with Gasteiger partial charge >= 0.3 is 0 Å². The number of carbonyl (C=O) groups excluding carboxylic acids is 5. The molecule has 10 nitrogen and oxygen atoms in total. The third-order valence-electron chi connectivity index (χ3n) is 7.13. The van der Waals surface area contributed by atoms with Gasteiger partial charge in [-0.25, -0.2) is 0 Å². The van der Waals surface area contributed by atoms with Gasteiger partial charge in [-0.15, -0.1) is 0 Å². The summed E-state index contributed by atoms with van der Waals surface area (Å²) < 4.78 is 0. The number of aryl methyl sites for hydroxylation is 1. The van der Waals surface area contributed by atoms with Crippen LogP contribution in [0.3, 0.4) is 0 Å². The minimum absolute atomic E-state index is 0.0227. The molecule has 3 rings (SSSR count). The van der Waals surface area contributed by atoms with Gasteiger partial charge in [-0.1, -0.05) is 79.9 Å². The summed E-state index contributed by atoms with van der Waals surface area (Å²) in [7, 11) is 0. The van der Waals surface area contributed by atoms with Crippen molar-refractivity contribution in [1.82, 2.24) is 21.3 Å². The van der Waals surface area contributed by atoms with Crippen molar-refractivity contribution in [2.45, 2.75) is 82.3 Å². The average Bonchev–Trinajstić information content (AvgIpc) is 2.98. The van der Waals surface area contributed by atoms with Crippen molar-refractivity contribution >= 4 is 29.5 Å². The maximum absolute atomic E-state index is 13.4. The molecule has 0 saturated heterocycles. The molecule has 0 heterocycles. The molecule has 5 amide bonds. The molecule has 1 fully saturated rings. The number of primary amides is 1. The molecule has 2 atom stereocenters. The van der Waals surface area contributed by atoms with E-state index in [1.165, 1.54) is 0 Å². The number of benzene rings is 2. The molecule has 0 unspecified atom stereocenters. The van der Waals surface area contributed by atoms with E-state index in [-0.39, 0.29) is 50.1 Å². The van der Waals surface area contributed by atoms with E-state index in [0.29, 0.717) is 6.42 Å². The summed E-state index contributed by atoms with van der Waals surface area (Å²) in [5, 5.41) is 11.0. The topological polar surface area (TPSA) is 159 Å². The summed E-state index contributed by atoms with van der Waals surface area (Å²) in [5.74, 6) is -2.33. The molecule has 2 aromatic carbocycles. The van der Waals surface area contributed by atoms with Gasteiger partial charge in [0, 0.05) is 25.3 Å². The Balaban J connectivity index is 1.61. The van der Waals surface area contributed by atoms with Crippen LogP contribution in [0.2, 0.25) is 0 Å². The highest BCUT2D eigenvalue weighted by atomic mass is 16.2. The normalized spacial score (nSPS) is 14.7. The Kier molecular flexibility index (Phi) is 12.8. The summed E-state index contributed by atoms with van der Waals surface area (Å²) in [6, 6.07) is 16.8. The Morgan fingerprint density at radius 3 is 2.00 bits per heavy atom. The summed E-state index contributed by atoms with van der Waals surface area (Å²) in [4.78, 5) is 63.0. The van der Waals surface area contributed by atoms with Gasteiger partial charge in [-0.2, -0.15) is 0 Å². The van der Waals surface area contributed by atoms with Crippen molar-refractivity contribution in [1.29, 1.82) is 0 Å². The Hall–Kier alpha value is -4.21. The Morgan fingerprint density at radius 1 is 0.732 bits per heavy atom. The number of nitrogens with two attached hydrogens (primary N) is 1. The smallest absolute Gasteiger partial charge is 0.243 e. The van der Waals surface area contributed by atoms with Crippen LogP contribution in [0.15, 0.2) is 60.7 Å². The predicted molar refractivity (Wildman–Crippen MR) is 155 cm³/mol. The van der Waals surface area contributed by atoms with Crippen molar-refractivity contribution in [3.05, 3.63) is 71.8 Å². The Labute approximate surface area is 241 Å². The first-order valence-electron chi connectivity index (χ1n) is 14.3. The van der Waals surface area contributed by atoms with Crippen molar-refractivity contribution in [2.24, 2.45) is 5.73 Å². The molecule has 0 bridgehead atoms. The second-order valence-electron chi connectivity index (χ2n) is 10.5. The molecular weight excluding hydrogens is 522 g/mol. The minimum Gasteiger partial charge on any atom is -0.370 e. The van der Waals surface area contributed by atoms with Crippen LogP contribution in [0.25, 0.3) is 0 Å². The van der Waals surface area contributed by atoms with Crippen LogP contribution in [0, 0.1) is 0 Å². The zero-order valence-corrected chi connectivity index (χ0v) is 23.4. The van der Waals surface area contributed by atoms with Crippen molar-refractivity contribution < 1.29 is 24.0 Å². The number of nitrogens with one attached hydrogen (secondary N) is 4. The molecule has 0 aromatic heterocycles. The number of hydrogen-bond donors (Lipinski definition) is 5. The summed E-state index contributed by atoms with van der Waals surface area (Å²) >= 11 is 0. The van der Waals surface area contributed by atoms with E-state index >= 15 is 0 Å². The summed E-state index contributed by atoms with van der Waals surface area (Å²) in [5.41, 5.74) is 7.15. The highest BCUT2D eigenvalue weighted by Crippen LogP contribution is 2.17. The van der Waals surface area contributed by atoms with Gasteiger partial charge in [-0.05, 0) is 36.8 Å². The highest BCUT2D eigenvalue weighted by molar-refractivity contribution is 5.93. The molecule has 2 aromatic rings. The lowest BCUT2D eigenvalue weighted by Gasteiger charge is -2.27. The first kappa shape index (κ1) is 31.3. The third kappa shape index (κ3) is 11.8. The first-order valence-corrected chi connectivity index (χ1v) is 14.3. The Bertz CT molecular complexity index is 1150. The average molecular weight is 564 g/mol. The van der Waals surface area contributed by atoms with E-state index in [1.807, 2.05) is 60.7 Å². The van der Waals surface area contributed by atoms with E-state index in [4.69, 9.17) is 5.73 Å². The molecule has 41 heavy (non-hydrogen) atoms. The number of hydrogen-bond acceptors (Lipinski definition) is 5. The second-order valence-corrected chi connectivity index (χ2v) is 10.5. The quantitative estimate of drug-likeness (QED) is 0.223. The van der Waals surface area contributed by atoms with E-state index in [2.05, 4.69) is 21.3 Å². The van der Waals surface area contributed by atoms with Crippen molar-refractivity contribution in [3.8, 4) is 0 Å². The summed E-state index contributed by atoms with van der Waals surface area (Å²) in [6.45, 7) is -0.292. The molecule has 1 aliphatic rings. The van der Waals surface area contributed by atoms with Crippen LogP contribution in [0.5, 0.6) is 0 Å². The zero-order valence-electron chi connectivity index (χ0n) is 23.4. The molecule has 220 valence electrons. The molecule has 1 saturated carbocycles. The molecule has 6 N–H and O–H groups in total. The molecule has 1 aliphatic carbocycles. The van der Waals surface area contributed by atoms with E-state index in [1.54, 1.807) is 0 Å². The van der Waals surface area contributed by atoms with E-state index < -0.39 is 29.8 Å². The fourth-order valence-electron chi connectivity index (χ4n) is 4.85. The van der Waals surface area contributed by atoms with E-state index in [9.17, 15) is 24.0 Å². The van der Waals surface area contributed by atoms with Crippen LogP contribution in [0.4, 0.5) is 0 Å². The van der Waals surface area contributed by atoms with Crippen LogP contribution >= 0.6 is 0 Å². The van der Waals surface area contributed by atoms with Gasteiger partial charge in [0.2, 0.25) is 29.5 Å². The minimum atomic E-state index is -1.01. The van der Waals surface area contributed by atoms with Gasteiger partial charge in [0.25, 0.3) is 0 Å². The van der Waals surface area contributed by atoms with Crippen LogP contribution < -0.4 is 27.0 Å². The predicted octanol–water partition coefficient (Wildman–Crippen LogP) is 1.66. The van der Waals surface area contributed by atoms with Gasteiger partial charge < -0.3 is 27.0 Å². The van der Waals surface area contributed by atoms with Crippen molar-refractivity contribution in [2.75, 3.05) is 6.54 Å². The zero-order chi connectivity index (χ0) is 29.5. The molecule has 0 spiro atoms. The fourth-order valence-corrected chi connectivity index (χ4v) is 4.85. The highest BCUT2D eigenvalue weighted by Gasteiger charge is 2.29. The van der Waals surface area contributed by atoms with Gasteiger partial charge in [0.05, 0.1) is 6.54 Å². The molecule has 0 aliphatic heterocycles. The molecule has 0 radical (unpaired) electrons.